The molecule has 3 atom stereocenters. The van der Waals surface area contributed by atoms with Gasteiger partial charge in [0.05, 0.1) is 33.8 Å². The molecule has 10 heteroatoms. The third-order valence-corrected chi connectivity index (χ3v) is 16.4. The van der Waals surface area contributed by atoms with Crippen LogP contribution in [0.2, 0.25) is 0 Å². The van der Waals surface area contributed by atoms with E-state index in [4.69, 9.17) is 13.8 Å². The number of rotatable bonds is 63. The molecule has 0 aromatic carbocycles. The monoisotopic (exact) mass is 1160 g/mol. The van der Waals surface area contributed by atoms with Gasteiger partial charge in [0.25, 0.3) is 7.82 Å². The predicted molar refractivity (Wildman–Crippen MR) is 349 cm³/mol. The number of ether oxygens (including phenoxy) is 1. The van der Waals surface area contributed by atoms with E-state index in [0.717, 1.165) is 83.5 Å². The number of allylic oxidation sites excluding steroid dienone is 9. The number of esters is 1. The Kier molecular flexibility index (Phi) is 59.1. The van der Waals surface area contributed by atoms with Crippen molar-refractivity contribution in [3.63, 3.8) is 0 Å². The molecule has 0 spiro atoms. The van der Waals surface area contributed by atoms with Crippen LogP contribution in [-0.4, -0.2) is 69.4 Å². The third-order valence-electron chi connectivity index (χ3n) is 15.4. The number of hydrogen-bond donors (Lipinski definition) is 1. The first-order valence-corrected chi connectivity index (χ1v) is 36.1. The minimum Gasteiger partial charge on any atom is -0.756 e. The topological polar surface area (TPSA) is 114 Å². The highest BCUT2D eigenvalue weighted by atomic mass is 31.2. The number of carbonyl (C=O) groups is 2. The second-order valence-corrected chi connectivity index (χ2v) is 26.1. The van der Waals surface area contributed by atoms with Crippen molar-refractivity contribution in [3.05, 3.63) is 60.8 Å². The van der Waals surface area contributed by atoms with E-state index >= 15 is 0 Å². The van der Waals surface area contributed by atoms with Crippen molar-refractivity contribution in [2.45, 2.75) is 341 Å². The van der Waals surface area contributed by atoms with Crippen LogP contribution in [0.15, 0.2) is 60.8 Å². The number of phosphoric acid groups is 1. The fourth-order valence-corrected chi connectivity index (χ4v) is 10.8. The Morgan fingerprint density at radius 2 is 0.753 bits per heavy atom. The molecule has 0 radical (unpaired) electrons. The van der Waals surface area contributed by atoms with Crippen molar-refractivity contribution in [1.29, 1.82) is 0 Å². The number of unbranched alkanes of at least 4 members (excludes halogenated alkanes) is 39. The largest absolute Gasteiger partial charge is 0.756 e. The smallest absolute Gasteiger partial charge is 0.306 e. The molecular weight excluding hydrogens is 1020 g/mol. The number of nitrogens with one attached hydrogen (secondary N) is 1. The molecule has 0 aliphatic heterocycles. The van der Waals surface area contributed by atoms with Crippen molar-refractivity contribution in [3.8, 4) is 0 Å². The number of phosphoric ester groups is 1. The van der Waals surface area contributed by atoms with Crippen LogP contribution >= 0.6 is 7.82 Å². The number of hydrogen-bond acceptors (Lipinski definition) is 7. The summed E-state index contributed by atoms with van der Waals surface area (Å²) in [6.45, 7) is 6.85. The summed E-state index contributed by atoms with van der Waals surface area (Å²) in [6, 6.07) is -0.893. The number of quaternary nitrogens is 1. The van der Waals surface area contributed by atoms with E-state index in [1.54, 1.807) is 0 Å². The number of amides is 1. The Morgan fingerprint density at radius 1 is 0.432 bits per heavy atom. The molecule has 1 N–H and O–H groups in total. The predicted octanol–water partition coefficient (Wildman–Crippen LogP) is 21.2. The van der Waals surface area contributed by atoms with Crippen LogP contribution < -0.4 is 10.2 Å². The average molecular weight is 1160 g/mol. The molecule has 0 aliphatic carbocycles. The van der Waals surface area contributed by atoms with Gasteiger partial charge in [-0.2, -0.15) is 0 Å². The summed E-state index contributed by atoms with van der Waals surface area (Å²) in [5.74, 6) is -0.537. The Hall–Kier alpha value is -2.29. The maximum Gasteiger partial charge on any atom is 0.306 e. The van der Waals surface area contributed by atoms with Gasteiger partial charge in [0.1, 0.15) is 19.3 Å². The quantitative estimate of drug-likeness (QED) is 0.0212. The van der Waals surface area contributed by atoms with Gasteiger partial charge < -0.3 is 28.5 Å². The molecule has 0 saturated heterocycles. The maximum absolute atomic E-state index is 13.6. The summed E-state index contributed by atoms with van der Waals surface area (Å²) in [6.07, 6.45) is 77.6. The lowest BCUT2D eigenvalue weighted by Gasteiger charge is -2.30. The molecule has 0 aliphatic rings. The van der Waals surface area contributed by atoms with Gasteiger partial charge in [0.15, 0.2) is 0 Å². The highest BCUT2D eigenvalue weighted by Gasteiger charge is 2.27. The van der Waals surface area contributed by atoms with E-state index in [-0.39, 0.29) is 31.5 Å². The van der Waals surface area contributed by atoms with Crippen LogP contribution in [-0.2, 0) is 27.9 Å². The molecule has 3 unspecified atom stereocenters. The van der Waals surface area contributed by atoms with Crippen LogP contribution in [0.4, 0.5) is 0 Å². The second kappa shape index (κ2) is 60.8. The minimum absolute atomic E-state index is 0.0236. The molecule has 0 aromatic rings. The molecule has 474 valence electrons. The van der Waals surface area contributed by atoms with Gasteiger partial charge in [-0.1, -0.05) is 281 Å². The summed E-state index contributed by atoms with van der Waals surface area (Å²) >= 11 is 0. The standard InChI is InChI=1S/C71H133N2O7P/c1-7-10-13-16-19-22-25-28-30-32-34-35-36-37-39-40-42-45-48-51-54-57-60-63-70(74)72-68(67-79-81(76,77)78-66-65-73(4,5)6)69(62-59-56-53-50-47-44-27-24-21-18-15-12-9-3)80-71(75)64-61-58-55-52-49-46-43-41-38-33-31-29-26-23-20-17-14-11-8-2/h19,22,28-31,34-35,59,62,68-69H,7-18,20-21,23-27,32-33,36-58,60-61,63-67H2,1-6H3,(H-,72,74,76,77)/b22-19-,30-28-,31-29+,35-34-,62-59-. The van der Waals surface area contributed by atoms with E-state index < -0.39 is 20.0 Å². The lowest BCUT2D eigenvalue weighted by Crippen LogP contribution is -2.47. The zero-order valence-corrected chi connectivity index (χ0v) is 55.1. The summed E-state index contributed by atoms with van der Waals surface area (Å²) in [4.78, 5) is 40.2. The van der Waals surface area contributed by atoms with E-state index in [1.165, 1.54) is 212 Å². The number of likely N-dealkylation sites (N-methyl/N-ethyl adjacent to an activating group) is 1. The van der Waals surface area contributed by atoms with Crippen molar-refractivity contribution < 1.29 is 37.3 Å². The molecule has 0 aromatic heterocycles. The SMILES string of the molecule is CCCCC/C=C\C/C=C\C/C=C\CCCCCCCCCCCCC(=O)NC(COP(=O)([O-])OCC[N+](C)(C)C)C(/C=C\CCCCCCCCCCCCC)OC(=O)CCCCCCCCCCC/C=C/CCCCCCCC. The van der Waals surface area contributed by atoms with E-state index in [9.17, 15) is 19.0 Å². The summed E-state index contributed by atoms with van der Waals surface area (Å²) < 4.78 is 30.4. The Labute approximate surface area is 502 Å². The molecule has 0 saturated carbocycles. The van der Waals surface area contributed by atoms with Crippen LogP contribution in [0.25, 0.3) is 0 Å². The van der Waals surface area contributed by atoms with Crippen molar-refractivity contribution in [2.24, 2.45) is 0 Å². The Bertz CT molecular complexity index is 1570. The molecule has 0 rings (SSSR count). The van der Waals surface area contributed by atoms with Crippen molar-refractivity contribution in [2.75, 3.05) is 40.9 Å². The van der Waals surface area contributed by atoms with Gasteiger partial charge in [-0.3, -0.25) is 14.2 Å². The van der Waals surface area contributed by atoms with Gasteiger partial charge in [0.2, 0.25) is 5.91 Å². The zero-order valence-electron chi connectivity index (χ0n) is 54.2. The summed E-state index contributed by atoms with van der Waals surface area (Å²) in [5, 5.41) is 3.04. The first-order chi connectivity index (χ1) is 39.4. The zero-order chi connectivity index (χ0) is 59.3. The van der Waals surface area contributed by atoms with Gasteiger partial charge in [-0.15, -0.1) is 0 Å². The van der Waals surface area contributed by atoms with Crippen molar-refractivity contribution in [1.82, 2.24) is 5.32 Å². The molecule has 0 fully saturated rings. The Balaban J connectivity index is 5.16. The Morgan fingerprint density at radius 3 is 1.16 bits per heavy atom. The summed E-state index contributed by atoms with van der Waals surface area (Å²) in [5.41, 5.74) is 0. The molecule has 0 heterocycles. The first-order valence-electron chi connectivity index (χ1n) is 34.6. The van der Waals surface area contributed by atoms with Gasteiger partial charge >= 0.3 is 5.97 Å². The fraction of sp³-hybridized carbons (Fsp3) is 0.831. The van der Waals surface area contributed by atoms with Crippen LogP contribution in [0, 0.1) is 0 Å². The fourth-order valence-electron chi connectivity index (χ4n) is 10.1. The van der Waals surface area contributed by atoms with Crippen LogP contribution in [0.5, 0.6) is 0 Å². The molecule has 1 amide bonds. The average Bonchev–Trinajstić information content (AvgIpc) is 3.44. The lowest BCUT2D eigenvalue weighted by molar-refractivity contribution is -0.870. The highest BCUT2D eigenvalue weighted by Crippen LogP contribution is 2.38. The molecular formula is C71H133N2O7P. The van der Waals surface area contributed by atoms with Gasteiger partial charge in [0, 0.05) is 12.8 Å². The molecule has 0 bridgehead atoms. The minimum atomic E-state index is -4.71. The van der Waals surface area contributed by atoms with E-state index in [0.29, 0.717) is 17.4 Å². The van der Waals surface area contributed by atoms with E-state index in [2.05, 4.69) is 74.7 Å². The van der Waals surface area contributed by atoms with E-state index in [1.807, 2.05) is 33.3 Å². The summed E-state index contributed by atoms with van der Waals surface area (Å²) in [7, 11) is 1.19. The number of carbonyl (C=O) groups excluding carboxylic acids is 2. The molecule has 81 heavy (non-hydrogen) atoms. The third kappa shape index (κ3) is 62.1. The highest BCUT2D eigenvalue weighted by molar-refractivity contribution is 7.45. The van der Waals surface area contributed by atoms with Crippen LogP contribution in [0.1, 0.15) is 329 Å². The molecule has 9 nitrogen and oxygen atoms in total. The normalized spacial score (nSPS) is 13.9. The van der Waals surface area contributed by atoms with Crippen molar-refractivity contribution >= 4 is 19.7 Å². The maximum atomic E-state index is 13.6. The van der Waals surface area contributed by atoms with Gasteiger partial charge in [-0.25, -0.2) is 0 Å². The first kappa shape index (κ1) is 78.7. The van der Waals surface area contributed by atoms with Gasteiger partial charge in [-0.05, 0) is 96.0 Å². The van der Waals surface area contributed by atoms with Crippen LogP contribution in [0.3, 0.4) is 0 Å². The second-order valence-electron chi connectivity index (χ2n) is 24.7. The number of nitrogens with zero attached hydrogens (tertiary/aromatic N) is 1. The lowest BCUT2D eigenvalue weighted by atomic mass is 10.0.